The van der Waals surface area contributed by atoms with Gasteiger partial charge in [0.05, 0.1) is 12.1 Å². The summed E-state index contributed by atoms with van der Waals surface area (Å²) in [6.07, 6.45) is 0.888. The number of aromatic nitrogens is 2. The van der Waals surface area contributed by atoms with Gasteiger partial charge in [-0.1, -0.05) is 0 Å². The minimum absolute atomic E-state index is 0.0928. The maximum Gasteiger partial charge on any atom is 0.407 e. The van der Waals surface area contributed by atoms with E-state index in [4.69, 9.17) is 9.47 Å². The fraction of sp³-hybridized carbons (Fsp3) is 0.667. The molecule has 0 unspecified atom stereocenters. The number of nitrogens with one attached hydrogen (secondary N) is 1. The summed E-state index contributed by atoms with van der Waals surface area (Å²) in [6.45, 7) is 5.33. The van der Waals surface area contributed by atoms with Crippen LogP contribution in [0, 0.1) is 0 Å². The third-order valence-corrected chi connectivity index (χ3v) is 4.01. The molecule has 1 amide bonds. The van der Waals surface area contributed by atoms with Crippen molar-refractivity contribution in [3.63, 3.8) is 0 Å². The number of hydrogen-bond donors (Lipinski definition) is 2. The molecule has 1 aromatic rings. The van der Waals surface area contributed by atoms with Crippen molar-refractivity contribution >= 4 is 6.09 Å². The molecule has 8 heteroatoms. The molecule has 0 spiro atoms. The van der Waals surface area contributed by atoms with Gasteiger partial charge < -0.3 is 19.9 Å². The summed E-state index contributed by atoms with van der Waals surface area (Å²) in [5.74, 6) is 0. The van der Waals surface area contributed by atoms with Crippen LogP contribution >= 0.6 is 0 Å². The molecule has 4 atom stereocenters. The Morgan fingerprint density at radius 1 is 1.48 bits per heavy atom. The third kappa shape index (κ3) is 3.17. The summed E-state index contributed by atoms with van der Waals surface area (Å²) in [6, 6.07) is 1.02. The van der Waals surface area contributed by atoms with Gasteiger partial charge in [-0.2, -0.15) is 4.98 Å². The quantitative estimate of drug-likeness (QED) is 0.784. The standard InChI is InChI=1S/C15H21N3O5/c1-15(2,3)23-14(21)16-8-4-5-9-12(11(8)20)22-13-17-10(19)6-7-18(9)13/h6-9,11-12,20H,4-5H2,1-3H3,(H,16,21)/t8-,9-,11-,12-/m1/s1. The minimum Gasteiger partial charge on any atom is -0.456 e. The van der Waals surface area contributed by atoms with Crippen molar-refractivity contribution in [2.24, 2.45) is 0 Å². The van der Waals surface area contributed by atoms with Crippen molar-refractivity contribution in [2.75, 3.05) is 0 Å². The van der Waals surface area contributed by atoms with Crippen molar-refractivity contribution in [1.82, 2.24) is 14.9 Å². The first kappa shape index (κ1) is 15.8. The van der Waals surface area contributed by atoms with Crippen molar-refractivity contribution in [2.45, 2.75) is 63.5 Å². The van der Waals surface area contributed by atoms with E-state index in [0.717, 1.165) is 0 Å². The number of aliphatic hydroxyl groups is 1. The van der Waals surface area contributed by atoms with Crippen molar-refractivity contribution in [3.05, 3.63) is 22.6 Å². The van der Waals surface area contributed by atoms with E-state index in [9.17, 15) is 14.7 Å². The Bertz CT molecular complexity index is 666. The average Bonchev–Trinajstić information content (AvgIpc) is 2.78. The second-order valence-corrected chi connectivity index (χ2v) is 6.93. The molecule has 1 aliphatic carbocycles. The van der Waals surface area contributed by atoms with E-state index < -0.39 is 29.9 Å². The molecule has 8 nitrogen and oxygen atoms in total. The minimum atomic E-state index is -0.905. The zero-order valence-corrected chi connectivity index (χ0v) is 13.4. The highest BCUT2D eigenvalue weighted by atomic mass is 16.6. The molecule has 0 radical (unpaired) electrons. The van der Waals surface area contributed by atoms with Crippen LogP contribution in [0.5, 0.6) is 6.01 Å². The van der Waals surface area contributed by atoms with Gasteiger partial charge in [-0.3, -0.25) is 9.36 Å². The number of alkyl carbamates (subject to hydrolysis) is 1. The Morgan fingerprint density at radius 3 is 2.91 bits per heavy atom. The molecule has 2 heterocycles. The smallest absolute Gasteiger partial charge is 0.407 e. The van der Waals surface area contributed by atoms with Crippen molar-refractivity contribution in [3.8, 4) is 6.01 Å². The predicted molar refractivity (Wildman–Crippen MR) is 80.3 cm³/mol. The van der Waals surface area contributed by atoms with E-state index in [1.165, 1.54) is 6.07 Å². The molecule has 0 saturated heterocycles. The van der Waals surface area contributed by atoms with Gasteiger partial charge in [0, 0.05) is 12.3 Å². The number of fused-ring (bicyclic) bond motifs is 3. The maximum absolute atomic E-state index is 11.9. The van der Waals surface area contributed by atoms with Gasteiger partial charge in [0.1, 0.15) is 11.7 Å². The van der Waals surface area contributed by atoms with Crippen LogP contribution in [0.15, 0.2) is 17.1 Å². The number of ether oxygens (including phenoxy) is 2. The summed E-state index contributed by atoms with van der Waals surface area (Å²) in [5.41, 5.74) is -0.982. The summed E-state index contributed by atoms with van der Waals surface area (Å²) in [5, 5.41) is 13.2. The van der Waals surface area contributed by atoms with Crippen molar-refractivity contribution < 1.29 is 19.4 Å². The largest absolute Gasteiger partial charge is 0.456 e. The first-order valence-electron chi connectivity index (χ1n) is 7.68. The van der Waals surface area contributed by atoms with Crippen LogP contribution in [0.4, 0.5) is 4.79 Å². The van der Waals surface area contributed by atoms with Gasteiger partial charge in [-0.25, -0.2) is 4.79 Å². The van der Waals surface area contributed by atoms with E-state index in [1.807, 2.05) is 0 Å². The van der Waals surface area contributed by atoms with Gasteiger partial charge in [-0.15, -0.1) is 0 Å². The highest BCUT2D eigenvalue weighted by Gasteiger charge is 2.46. The molecule has 0 bridgehead atoms. The Balaban J connectivity index is 1.70. The van der Waals surface area contributed by atoms with E-state index in [2.05, 4.69) is 10.3 Å². The Hall–Kier alpha value is -2.09. The molecular formula is C15H21N3O5. The number of carbonyl (C=O) groups excluding carboxylic acids is 1. The van der Waals surface area contributed by atoms with Crippen LogP contribution in [-0.4, -0.2) is 44.6 Å². The zero-order chi connectivity index (χ0) is 16.8. The number of amides is 1. The van der Waals surface area contributed by atoms with Gasteiger partial charge in [0.15, 0.2) is 6.10 Å². The van der Waals surface area contributed by atoms with E-state index in [1.54, 1.807) is 31.5 Å². The lowest BCUT2D eigenvalue weighted by Gasteiger charge is -2.36. The van der Waals surface area contributed by atoms with E-state index in [-0.39, 0.29) is 17.6 Å². The van der Waals surface area contributed by atoms with Crippen LogP contribution in [0.3, 0.4) is 0 Å². The molecule has 3 rings (SSSR count). The maximum atomic E-state index is 11.9. The zero-order valence-electron chi connectivity index (χ0n) is 13.4. The Kier molecular flexibility index (Phi) is 3.79. The fourth-order valence-corrected chi connectivity index (χ4v) is 3.06. The summed E-state index contributed by atoms with van der Waals surface area (Å²) in [7, 11) is 0. The fourth-order valence-electron chi connectivity index (χ4n) is 3.06. The molecule has 126 valence electrons. The summed E-state index contributed by atoms with van der Waals surface area (Å²) < 4.78 is 12.6. The Labute approximate surface area is 133 Å². The average molecular weight is 323 g/mol. The number of hydrogen-bond acceptors (Lipinski definition) is 6. The molecule has 0 aromatic carbocycles. The molecule has 1 saturated carbocycles. The first-order chi connectivity index (χ1) is 10.7. The van der Waals surface area contributed by atoms with Crippen LogP contribution in [-0.2, 0) is 4.74 Å². The summed E-state index contributed by atoms with van der Waals surface area (Å²) in [4.78, 5) is 27.0. The normalized spacial score (nSPS) is 29.2. The van der Waals surface area contributed by atoms with Crippen LogP contribution in [0.1, 0.15) is 39.7 Å². The van der Waals surface area contributed by atoms with Crippen LogP contribution in [0.2, 0.25) is 0 Å². The summed E-state index contributed by atoms with van der Waals surface area (Å²) >= 11 is 0. The van der Waals surface area contributed by atoms with Gasteiger partial charge in [0.2, 0.25) is 0 Å². The highest BCUT2D eigenvalue weighted by molar-refractivity contribution is 5.68. The topological polar surface area (TPSA) is 103 Å². The van der Waals surface area contributed by atoms with Crippen LogP contribution < -0.4 is 15.6 Å². The first-order valence-corrected chi connectivity index (χ1v) is 7.68. The van der Waals surface area contributed by atoms with E-state index >= 15 is 0 Å². The molecule has 2 N–H and O–H groups in total. The lowest BCUT2D eigenvalue weighted by molar-refractivity contribution is -0.0236. The van der Waals surface area contributed by atoms with Gasteiger partial charge in [-0.05, 0) is 33.6 Å². The molecule has 1 aromatic heterocycles. The molecule has 1 aliphatic heterocycles. The number of carbonyl (C=O) groups is 1. The number of nitrogens with zero attached hydrogens (tertiary/aromatic N) is 2. The van der Waals surface area contributed by atoms with Gasteiger partial charge in [0.25, 0.3) is 5.56 Å². The number of rotatable bonds is 1. The third-order valence-electron chi connectivity index (χ3n) is 4.01. The highest BCUT2D eigenvalue weighted by Crippen LogP contribution is 2.38. The van der Waals surface area contributed by atoms with Crippen LogP contribution in [0.25, 0.3) is 0 Å². The SMILES string of the molecule is CC(C)(C)OC(=O)N[C@@H]1CC[C@@H]2[C@@H](Oc3nc(=O)ccn32)[C@@H]1O. The lowest BCUT2D eigenvalue weighted by Crippen LogP contribution is -2.55. The number of aliphatic hydroxyl groups excluding tert-OH is 1. The molecule has 1 fully saturated rings. The molecule has 2 aliphatic rings. The van der Waals surface area contributed by atoms with Crippen molar-refractivity contribution in [1.29, 1.82) is 0 Å². The molecular weight excluding hydrogens is 302 g/mol. The molecule has 23 heavy (non-hydrogen) atoms. The van der Waals surface area contributed by atoms with Gasteiger partial charge >= 0.3 is 12.1 Å². The predicted octanol–water partition coefficient (Wildman–Crippen LogP) is 0.593. The lowest BCUT2D eigenvalue weighted by atomic mass is 9.86. The second-order valence-electron chi connectivity index (χ2n) is 6.93. The Morgan fingerprint density at radius 2 is 2.22 bits per heavy atom. The van der Waals surface area contributed by atoms with E-state index in [0.29, 0.717) is 12.8 Å². The second kappa shape index (κ2) is 5.52. The monoisotopic (exact) mass is 323 g/mol.